The van der Waals surface area contributed by atoms with E-state index in [0.29, 0.717) is 13.0 Å². The van der Waals surface area contributed by atoms with Crippen molar-refractivity contribution in [2.24, 2.45) is 0 Å². The Kier molecular flexibility index (Phi) is 38.4. The molecule has 14 nitrogen and oxygen atoms in total. The molecule has 11 unspecified atom stereocenters. The highest BCUT2D eigenvalue weighted by Gasteiger charge is 2.47. The number of aliphatic hydroxyl groups excluding tert-OH is 7. The van der Waals surface area contributed by atoms with Crippen LogP contribution in [0.1, 0.15) is 181 Å². The molecule has 0 aliphatic carbocycles. The Bertz CT molecular complexity index is 1370. The van der Waals surface area contributed by atoms with Gasteiger partial charge in [0.25, 0.3) is 0 Å². The maximum absolute atomic E-state index is 13.0. The Balaban J connectivity index is 1.77. The van der Waals surface area contributed by atoms with E-state index in [2.05, 4.69) is 74.6 Å². The summed E-state index contributed by atoms with van der Waals surface area (Å²) >= 11 is 0. The van der Waals surface area contributed by atoms with Crippen molar-refractivity contribution in [3.8, 4) is 0 Å². The summed E-state index contributed by atoms with van der Waals surface area (Å²) in [6, 6.07) is 0. The van der Waals surface area contributed by atoms with Gasteiger partial charge in [-0.25, -0.2) is 0 Å². The predicted molar refractivity (Wildman–Crippen MR) is 270 cm³/mol. The zero-order chi connectivity index (χ0) is 50.2. The molecule has 2 rings (SSSR count). The average molecular weight is 981 g/mol. The van der Waals surface area contributed by atoms with E-state index < -0.39 is 80.7 Å². The first kappa shape index (κ1) is 62.8. The van der Waals surface area contributed by atoms with Gasteiger partial charge in [0.15, 0.2) is 12.6 Å². The van der Waals surface area contributed by atoms with Gasteiger partial charge in [-0.3, -0.25) is 4.79 Å². The molecule has 7 N–H and O–H groups in total. The number of hydrogen-bond donors (Lipinski definition) is 7. The number of rotatable bonds is 42. The van der Waals surface area contributed by atoms with Crippen LogP contribution in [0.15, 0.2) is 60.8 Å². The van der Waals surface area contributed by atoms with Crippen LogP contribution in [-0.2, 0) is 33.2 Å². The highest BCUT2D eigenvalue weighted by atomic mass is 16.7. The molecule has 2 saturated heterocycles. The molecule has 0 aromatic rings. The van der Waals surface area contributed by atoms with Gasteiger partial charge in [0.1, 0.15) is 54.9 Å². The van der Waals surface area contributed by atoms with E-state index in [1.54, 1.807) is 0 Å². The smallest absolute Gasteiger partial charge is 0.306 e. The molecule has 11 atom stereocenters. The third-order valence-corrected chi connectivity index (χ3v) is 12.5. The van der Waals surface area contributed by atoms with Crippen LogP contribution in [0.25, 0.3) is 0 Å². The second-order valence-electron chi connectivity index (χ2n) is 18.7. The van der Waals surface area contributed by atoms with E-state index in [1.807, 2.05) is 0 Å². The minimum absolute atomic E-state index is 0.0451. The van der Waals surface area contributed by atoms with Crippen molar-refractivity contribution in [2.75, 3.05) is 33.0 Å². The number of aliphatic hydroxyl groups is 7. The van der Waals surface area contributed by atoms with Gasteiger partial charge in [-0.2, -0.15) is 0 Å². The number of unbranched alkanes of at least 4 members (excludes halogenated alkanes) is 18. The SMILES string of the molecule is CC/C=C\C/C=C\C/C=C\C/C=C\CCCCCCCOCC(COC1OC(COC2OC(CO)C(O)C(O)C2O)C(O)C(O)C1O)OC(=O)CCCCCCCCC/C=C\CCCCCCCC. The summed E-state index contributed by atoms with van der Waals surface area (Å²) in [6.07, 6.45) is 34.2. The van der Waals surface area contributed by atoms with Crippen LogP contribution in [0, 0.1) is 0 Å². The van der Waals surface area contributed by atoms with E-state index in [0.717, 1.165) is 89.9 Å². The minimum atomic E-state index is -1.71. The largest absolute Gasteiger partial charge is 0.457 e. The summed E-state index contributed by atoms with van der Waals surface area (Å²) in [5.41, 5.74) is 0. The van der Waals surface area contributed by atoms with Crippen LogP contribution in [-0.4, -0.2) is 142 Å². The fourth-order valence-corrected chi connectivity index (χ4v) is 8.15. The molecular weight excluding hydrogens is 885 g/mol. The van der Waals surface area contributed by atoms with Crippen LogP contribution in [0.4, 0.5) is 0 Å². The predicted octanol–water partition coefficient (Wildman–Crippen LogP) is 8.52. The lowest BCUT2D eigenvalue weighted by Gasteiger charge is -2.42. The molecule has 0 bridgehead atoms. The van der Waals surface area contributed by atoms with Crippen molar-refractivity contribution in [1.82, 2.24) is 0 Å². The molecule has 0 aromatic heterocycles. The van der Waals surface area contributed by atoms with Crippen molar-refractivity contribution < 1.29 is 69.0 Å². The van der Waals surface area contributed by atoms with Gasteiger partial charge < -0.3 is 64.2 Å². The molecular formula is C55H96O14. The molecule has 0 radical (unpaired) electrons. The lowest BCUT2D eigenvalue weighted by atomic mass is 9.98. The summed E-state index contributed by atoms with van der Waals surface area (Å²) < 4.78 is 34.3. The van der Waals surface area contributed by atoms with Crippen molar-refractivity contribution in [2.45, 2.75) is 248 Å². The first-order valence-corrected chi connectivity index (χ1v) is 26.9. The van der Waals surface area contributed by atoms with Crippen molar-refractivity contribution in [1.29, 1.82) is 0 Å². The van der Waals surface area contributed by atoms with Crippen LogP contribution >= 0.6 is 0 Å². The molecule has 0 spiro atoms. The molecule has 0 saturated carbocycles. The first-order valence-electron chi connectivity index (χ1n) is 26.9. The lowest BCUT2D eigenvalue weighted by Crippen LogP contribution is -2.61. The first-order chi connectivity index (χ1) is 33.6. The Hall–Kier alpha value is -2.31. The van der Waals surface area contributed by atoms with Crippen LogP contribution in [0.3, 0.4) is 0 Å². The second-order valence-corrected chi connectivity index (χ2v) is 18.7. The highest BCUT2D eigenvalue weighted by Crippen LogP contribution is 2.26. The summed E-state index contributed by atoms with van der Waals surface area (Å²) in [7, 11) is 0. The lowest BCUT2D eigenvalue weighted by molar-refractivity contribution is -0.332. The number of allylic oxidation sites excluding steroid dienone is 10. The zero-order valence-electron chi connectivity index (χ0n) is 42.5. The van der Waals surface area contributed by atoms with Crippen molar-refractivity contribution in [3.63, 3.8) is 0 Å². The quantitative estimate of drug-likeness (QED) is 0.0174. The van der Waals surface area contributed by atoms with E-state index >= 15 is 0 Å². The third-order valence-electron chi connectivity index (χ3n) is 12.5. The Morgan fingerprint density at radius 1 is 0.493 bits per heavy atom. The molecule has 0 aromatic carbocycles. The molecule has 2 aliphatic rings. The minimum Gasteiger partial charge on any atom is -0.457 e. The van der Waals surface area contributed by atoms with Gasteiger partial charge in [0.2, 0.25) is 0 Å². The Morgan fingerprint density at radius 2 is 0.942 bits per heavy atom. The zero-order valence-corrected chi connectivity index (χ0v) is 42.5. The molecule has 2 heterocycles. The summed E-state index contributed by atoms with van der Waals surface area (Å²) in [5.74, 6) is -0.389. The fourth-order valence-electron chi connectivity index (χ4n) is 8.15. The number of ether oxygens (including phenoxy) is 6. The maximum atomic E-state index is 13.0. The fraction of sp³-hybridized carbons (Fsp3) is 0.800. The standard InChI is InChI=1S/C55H96O14/c1-3-5-7-9-11-13-15-17-19-21-23-25-27-29-31-33-35-37-39-64-41-44(67-47(57)38-36-34-32-30-28-26-24-22-20-18-16-14-12-10-8-6-4-2)42-65-54-53(63)51(61)49(59)46(69-54)43-66-55-52(62)50(60)48(58)45(40-56)68-55/h5,7,11,13,17-20,23,25,44-46,48-56,58-63H,3-4,6,8-10,12,14-16,21-22,24,26-43H2,1-2H3/b7-5-,13-11-,19-17-,20-18-,25-23-. The number of carbonyl (C=O) groups excluding carboxylic acids is 1. The number of esters is 1. The van der Waals surface area contributed by atoms with Gasteiger partial charge in [0, 0.05) is 13.0 Å². The van der Waals surface area contributed by atoms with E-state index in [4.69, 9.17) is 28.4 Å². The van der Waals surface area contributed by atoms with Gasteiger partial charge in [0.05, 0.1) is 26.4 Å². The topological polar surface area (TPSA) is 214 Å². The van der Waals surface area contributed by atoms with Crippen molar-refractivity contribution >= 4 is 5.97 Å². The normalized spacial score (nSPS) is 26.2. The Morgan fingerprint density at radius 3 is 1.49 bits per heavy atom. The van der Waals surface area contributed by atoms with Crippen LogP contribution in [0.2, 0.25) is 0 Å². The molecule has 14 heteroatoms. The maximum Gasteiger partial charge on any atom is 0.306 e. The van der Waals surface area contributed by atoms with E-state index in [-0.39, 0.29) is 25.6 Å². The van der Waals surface area contributed by atoms with Crippen molar-refractivity contribution in [3.05, 3.63) is 60.8 Å². The van der Waals surface area contributed by atoms with Crippen LogP contribution < -0.4 is 0 Å². The number of carbonyl (C=O) groups is 1. The molecule has 400 valence electrons. The second kappa shape index (κ2) is 42.2. The summed E-state index contributed by atoms with van der Waals surface area (Å²) in [4.78, 5) is 13.0. The molecule has 2 fully saturated rings. The monoisotopic (exact) mass is 981 g/mol. The average Bonchev–Trinajstić information content (AvgIpc) is 3.35. The van der Waals surface area contributed by atoms with Gasteiger partial charge >= 0.3 is 5.97 Å². The highest BCUT2D eigenvalue weighted by molar-refractivity contribution is 5.69. The van der Waals surface area contributed by atoms with E-state index in [9.17, 15) is 40.5 Å². The summed E-state index contributed by atoms with van der Waals surface area (Å²) in [6.45, 7) is 3.52. The van der Waals surface area contributed by atoms with Crippen LogP contribution in [0.5, 0.6) is 0 Å². The Labute approximate surface area is 415 Å². The molecule has 0 amide bonds. The molecule has 69 heavy (non-hydrogen) atoms. The summed E-state index contributed by atoms with van der Waals surface area (Å²) in [5, 5.41) is 72.2. The van der Waals surface area contributed by atoms with Gasteiger partial charge in [-0.15, -0.1) is 0 Å². The third kappa shape index (κ3) is 29.7. The van der Waals surface area contributed by atoms with Gasteiger partial charge in [-0.05, 0) is 77.0 Å². The van der Waals surface area contributed by atoms with Gasteiger partial charge in [-0.1, -0.05) is 158 Å². The molecule has 2 aliphatic heterocycles. The van der Waals surface area contributed by atoms with E-state index in [1.165, 1.54) is 64.2 Å². The number of hydrogen-bond acceptors (Lipinski definition) is 14.